The van der Waals surface area contributed by atoms with Crippen LogP contribution < -0.4 is 5.73 Å². The normalized spacial score (nSPS) is 18.5. The van der Waals surface area contributed by atoms with Gasteiger partial charge >= 0.3 is 0 Å². The first kappa shape index (κ1) is 14.9. The van der Waals surface area contributed by atoms with Crippen molar-refractivity contribution in [3.63, 3.8) is 0 Å². The number of nitro benzene ring substituents is 1. The van der Waals surface area contributed by atoms with Gasteiger partial charge in [0.15, 0.2) is 0 Å². The second-order valence-corrected chi connectivity index (χ2v) is 5.87. The summed E-state index contributed by atoms with van der Waals surface area (Å²) in [6, 6.07) is 3.84. The standard InChI is InChI=1S/C15H21FN2O2/c16-13-7-12(8-14(9-13)18(19)20)10-15(11-17)5-3-1-2-4-6-15/h7-9H,1-6,10-11,17H2. The molecule has 0 atom stereocenters. The summed E-state index contributed by atoms with van der Waals surface area (Å²) in [5.41, 5.74) is 6.44. The zero-order chi connectivity index (χ0) is 14.6. The summed E-state index contributed by atoms with van der Waals surface area (Å²) in [6.07, 6.45) is 7.36. The lowest BCUT2D eigenvalue weighted by molar-refractivity contribution is -0.385. The Kier molecular flexibility index (Phi) is 4.70. The maximum atomic E-state index is 13.5. The van der Waals surface area contributed by atoms with E-state index in [0.29, 0.717) is 18.5 Å². The number of rotatable bonds is 4. The Morgan fingerprint density at radius 3 is 2.40 bits per heavy atom. The minimum atomic E-state index is -0.547. The summed E-state index contributed by atoms with van der Waals surface area (Å²) in [4.78, 5) is 10.3. The third-order valence-corrected chi connectivity index (χ3v) is 4.33. The van der Waals surface area contributed by atoms with Gasteiger partial charge in [-0.1, -0.05) is 25.7 Å². The van der Waals surface area contributed by atoms with E-state index in [4.69, 9.17) is 5.73 Å². The molecule has 1 fully saturated rings. The summed E-state index contributed by atoms with van der Waals surface area (Å²) in [7, 11) is 0. The molecule has 0 radical (unpaired) electrons. The average Bonchev–Trinajstić information content (AvgIpc) is 2.64. The van der Waals surface area contributed by atoms with E-state index in [1.807, 2.05) is 0 Å². The van der Waals surface area contributed by atoms with E-state index in [9.17, 15) is 14.5 Å². The Hall–Kier alpha value is -1.49. The van der Waals surface area contributed by atoms with Crippen molar-refractivity contribution >= 4 is 5.69 Å². The second kappa shape index (κ2) is 6.31. The van der Waals surface area contributed by atoms with Gasteiger partial charge < -0.3 is 5.73 Å². The molecule has 5 heteroatoms. The van der Waals surface area contributed by atoms with Gasteiger partial charge in [-0.15, -0.1) is 0 Å². The number of halogens is 1. The van der Waals surface area contributed by atoms with Gasteiger partial charge in [-0.05, 0) is 42.9 Å². The molecular weight excluding hydrogens is 259 g/mol. The monoisotopic (exact) mass is 280 g/mol. The molecule has 0 saturated heterocycles. The lowest BCUT2D eigenvalue weighted by Gasteiger charge is -2.31. The van der Waals surface area contributed by atoms with E-state index in [2.05, 4.69) is 0 Å². The molecule has 2 rings (SSSR count). The third-order valence-electron chi connectivity index (χ3n) is 4.33. The van der Waals surface area contributed by atoms with Gasteiger partial charge in [0, 0.05) is 6.07 Å². The largest absolute Gasteiger partial charge is 0.330 e. The van der Waals surface area contributed by atoms with Gasteiger partial charge in [-0.3, -0.25) is 10.1 Å². The predicted molar refractivity (Wildman–Crippen MR) is 75.9 cm³/mol. The van der Waals surface area contributed by atoms with Crippen molar-refractivity contribution in [1.82, 2.24) is 0 Å². The first-order chi connectivity index (χ1) is 9.54. The smallest absolute Gasteiger partial charge is 0.272 e. The summed E-state index contributed by atoms with van der Waals surface area (Å²) in [5.74, 6) is -0.546. The Morgan fingerprint density at radius 1 is 1.20 bits per heavy atom. The quantitative estimate of drug-likeness (QED) is 0.520. The molecule has 0 spiro atoms. The van der Waals surface area contributed by atoms with Crippen molar-refractivity contribution < 1.29 is 9.31 Å². The molecule has 4 nitrogen and oxygen atoms in total. The topological polar surface area (TPSA) is 69.2 Å². The van der Waals surface area contributed by atoms with Crippen molar-refractivity contribution in [2.45, 2.75) is 44.9 Å². The number of non-ortho nitro benzene ring substituents is 1. The third kappa shape index (κ3) is 3.54. The van der Waals surface area contributed by atoms with E-state index in [1.54, 1.807) is 0 Å². The maximum Gasteiger partial charge on any atom is 0.272 e. The summed E-state index contributed by atoms with van der Waals surface area (Å²) < 4.78 is 13.5. The molecule has 2 N–H and O–H groups in total. The van der Waals surface area contributed by atoms with E-state index in [-0.39, 0.29) is 11.1 Å². The highest BCUT2D eigenvalue weighted by molar-refractivity contribution is 5.35. The highest BCUT2D eigenvalue weighted by Crippen LogP contribution is 2.37. The minimum absolute atomic E-state index is 0.0296. The summed E-state index contributed by atoms with van der Waals surface area (Å²) in [6.45, 7) is 0.553. The van der Waals surface area contributed by atoms with Crippen LogP contribution in [0.1, 0.15) is 44.1 Å². The predicted octanol–water partition coefficient (Wildman–Crippen LogP) is 3.58. The Labute approximate surface area is 118 Å². The van der Waals surface area contributed by atoms with Gasteiger partial charge in [0.25, 0.3) is 5.69 Å². The molecule has 1 aliphatic rings. The number of nitrogens with two attached hydrogens (primary N) is 1. The molecule has 1 aliphatic carbocycles. The fourth-order valence-corrected chi connectivity index (χ4v) is 3.21. The SMILES string of the molecule is NCC1(Cc2cc(F)cc([N+](=O)[O-])c2)CCCCCC1. The molecule has 1 aromatic rings. The van der Waals surface area contributed by atoms with Crippen LogP contribution in [0.2, 0.25) is 0 Å². The molecule has 0 aliphatic heterocycles. The Bertz CT molecular complexity index is 483. The van der Waals surface area contributed by atoms with Gasteiger partial charge in [-0.2, -0.15) is 0 Å². The molecule has 0 unspecified atom stereocenters. The van der Waals surface area contributed by atoms with Crippen LogP contribution in [0.15, 0.2) is 18.2 Å². The fraction of sp³-hybridized carbons (Fsp3) is 0.600. The molecule has 20 heavy (non-hydrogen) atoms. The fourth-order valence-electron chi connectivity index (χ4n) is 3.21. The Morgan fingerprint density at radius 2 is 1.85 bits per heavy atom. The van der Waals surface area contributed by atoms with Crippen molar-refractivity contribution in [3.8, 4) is 0 Å². The number of benzene rings is 1. The second-order valence-electron chi connectivity index (χ2n) is 5.87. The molecule has 0 aromatic heterocycles. The summed E-state index contributed by atoms with van der Waals surface area (Å²) >= 11 is 0. The van der Waals surface area contributed by atoms with Crippen LogP contribution in [0.4, 0.5) is 10.1 Å². The van der Waals surface area contributed by atoms with Crippen LogP contribution >= 0.6 is 0 Å². The van der Waals surface area contributed by atoms with Gasteiger partial charge in [-0.25, -0.2) is 4.39 Å². The molecule has 1 saturated carbocycles. The van der Waals surface area contributed by atoms with Crippen LogP contribution in [0, 0.1) is 21.3 Å². The van der Waals surface area contributed by atoms with Crippen LogP contribution in [0.5, 0.6) is 0 Å². The van der Waals surface area contributed by atoms with Gasteiger partial charge in [0.2, 0.25) is 0 Å². The number of hydrogen-bond acceptors (Lipinski definition) is 3. The van der Waals surface area contributed by atoms with Gasteiger partial charge in [0.1, 0.15) is 5.82 Å². The molecule has 0 heterocycles. The number of nitro groups is 1. The van der Waals surface area contributed by atoms with Crippen LogP contribution in [-0.4, -0.2) is 11.5 Å². The van der Waals surface area contributed by atoms with E-state index in [1.165, 1.54) is 25.0 Å². The zero-order valence-corrected chi connectivity index (χ0v) is 11.6. The highest BCUT2D eigenvalue weighted by atomic mass is 19.1. The van der Waals surface area contributed by atoms with Crippen LogP contribution in [0.3, 0.4) is 0 Å². The molecule has 0 amide bonds. The number of nitrogens with zero attached hydrogens (tertiary/aromatic N) is 1. The first-order valence-electron chi connectivity index (χ1n) is 7.19. The van der Waals surface area contributed by atoms with Crippen molar-refractivity contribution in [2.24, 2.45) is 11.1 Å². The Balaban J connectivity index is 2.24. The lowest BCUT2D eigenvalue weighted by atomic mass is 9.75. The van der Waals surface area contributed by atoms with Gasteiger partial charge in [0.05, 0.1) is 11.0 Å². The minimum Gasteiger partial charge on any atom is -0.330 e. The van der Waals surface area contributed by atoms with E-state index < -0.39 is 10.7 Å². The number of hydrogen-bond donors (Lipinski definition) is 1. The maximum absolute atomic E-state index is 13.5. The van der Waals surface area contributed by atoms with Crippen molar-refractivity contribution in [1.29, 1.82) is 0 Å². The molecule has 1 aromatic carbocycles. The van der Waals surface area contributed by atoms with Crippen molar-refractivity contribution in [2.75, 3.05) is 6.54 Å². The summed E-state index contributed by atoms with van der Waals surface area (Å²) in [5, 5.41) is 10.8. The highest BCUT2D eigenvalue weighted by Gasteiger charge is 2.30. The van der Waals surface area contributed by atoms with Crippen LogP contribution in [0.25, 0.3) is 0 Å². The van der Waals surface area contributed by atoms with E-state index >= 15 is 0 Å². The average molecular weight is 280 g/mol. The molecular formula is C15H21FN2O2. The first-order valence-corrected chi connectivity index (χ1v) is 7.19. The lowest BCUT2D eigenvalue weighted by Crippen LogP contribution is -2.32. The van der Waals surface area contributed by atoms with Crippen LogP contribution in [-0.2, 0) is 6.42 Å². The molecule has 0 bridgehead atoms. The molecule has 110 valence electrons. The van der Waals surface area contributed by atoms with Crippen molar-refractivity contribution in [3.05, 3.63) is 39.7 Å². The zero-order valence-electron chi connectivity index (χ0n) is 11.6. The van der Waals surface area contributed by atoms with E-state index in [0.717, 1.165) is 31.7 Å².